The molecule has 27 heavy (non-hydrogen) atoms. The summed E-state index contributed by atoms with van der Waals surface area (Å²) in [6, 6.07) is 4.78. The minimum absolute atomic E-state index is 0.0603. The molecule has 0 spiro atoms. The SMILES string of the molecule is CCN(CC)S(=O)(=O)c1ccc(C)c(N=Cc2c(CO)cnc(C)c2O)c1. The third-order valence-electron chi connectivity index (χ3n) is 4.38. The van der Waals surface area contributed by atoms with Gasteiger partial charge in [-0.2, -0.15) is 4.31 Å². The normalized spacial score (nSPS) is 12.2. The Morgan fingerprint density at radius 3 is 2.48 bits per heavy atom. The molecule has 2 aromatic rings. The van der Waals surface area contributed by atoms with E-state index in [2.05, 4.69) is 9.98 Å². The van der Waals surface area contributed by atoms with Crippen LogP contribution in [-0.2, 0) is 16.6 Å². The summed E-state index contributed by atoms with van der Waals surface area (Å²) >= 11 is 0. The standard InChI is InChI=1S/C19H25N3O4S/c1-5-22(6-2)27(25,26)16-8-7-13(3)18(9-16)21-11-17-15(12-23)10-20-14(4)19(17)24/h7-11,23-24H,5-6,12H2,1-4H3. The summed E-state index contributed by atoms with van der Waals surface area (Å²) in [7, 11) is -3.59. The van der Waals surface area contributed by atoms with Gasteiger partial charge < -0.3 is 10.2 Å². The highest BCUT2D eigenvalue weighted by atomic mass is 32.2. The second kappa shape index (κ2) is 8.60. The van der Waals surface area contributed by atoms with Gasteiger partial charge in [-0.1, -0.05) is 19.9 Å². The fraction of sp³-hybridized carbons (Fsp3) is 0.368. The second-order valence-corrected chi connectivity index (χ2v) is 8.02. The lowest BCUT2D eigenvalue weighted by molar-refractivity contribution is 0.280. The van der Waals surface area contributed by atoms with Crippen molar-refractivity contribution < 1.29 is 18.6 Å². The molecule has 1 heterocycles. The van der Waals surface area contributed by atoms with Crippen molar-refractivity contribution >= 4 is 21.9 Å². The summed E-state index contributed by atoms with van der Waals surface area (Å²) in [6.45, 7) is 7.53. The van der Waals surface area contributed by atoms with Gasteiger partial charge in [0, 0.05) is 36.6 Å². The van der Waals surface area contributed by atoms with E-state index in [-0.39, 0.29) is 17.3 Å². The number of aromatic nitrogens is 1. The topological polar surface area (TPSA) is 103 Å². The molecule has 0 atom stereocenters. The van der Waals surface area contributed by atoms with Gasteiger partial charge in [-0.25, -0.2) is 8.42 Å². The van der Waals surface area contributed by atoms with Crippen molar-refractivity contribution in [2.75, 3.05) is 13.1 Å². The third-order valence-corrected chi connectivity index (χ3v) is 6.43. The molecule has 8 heteroatoms. The van der Waals surface area contributed by atoms with Crippen LogP contribution in [0.4, 0.5) is 5.69 Å². The Bertz CT molecular complexity index is 952. The number of aliphatic hydroxyl groups is 1. The van der Waals surface area contributed by atoms with E-state index < -0.39 is 10.0 Å². The Morgan fingerprint density at radius 2 is 1.89 bits per heavy atom. The van der Waals surface area contributed by atoms with E-state index >= 15 is 0 Å². The predicted octanol–water partition coefficient (Wildman–Crippen LogP) is 2.68. The van der Waals surface area contributed by atoms with Crippen LogP contribution in [0.5, 0.6) is 5.75 Å². The van der Waals surface area contributed by atoms with Crippen LogP contribution in [0.3, 0.4) is 0 Å². The first kappa shape index (κ1) is 21.0. The smallest absolute Gasteiger partial charge is 0.243 e. The number of benzene rings is 1. The number of aliphatic hydroxyl groups excluding tert-OH is 1. The number of aliphatic imine (C=N–C) groups is 1. The Balaban J connectivity index is 2.50. The molecule has 0 unspecified atom stereocenters. The second-order valence-electron chi connectivity index (χ2n) is 6.09. The molecule has 7 nitrogen and oxygen atoms in total. The lowest BCUT2D eigenvalue weighted by atomic mass is 10.1. The summed E-state index contributed by atoms with van der Waals surface area (Å²) in [6.07, 6.45) is 2.90. The monoisotopic (exact) mass is 391 g/mol. The zero-order valence-corrected chi connectivity index (χ0v) is 16.8. The molecular formula is C19H25N3O4S. The quantitative estimate of drug-likeness (QED) is 0.706. The summed E-state index contributed by atoms with van der Waals surface area (Å²) < 4.78 is 26.8. The van der Waals surface area contributed by atoms with Gasteiger partial charge in [0.15, 0.2) is 0 Å². The van der Waals surface area contributed by atoms with Gasteiger partial charge in [-0.3, -0.25) is 9.98 Å². The summed E-state index contributed by atoms with van der Waals surface area (Å²) in [5.41, 5.74) is 2.48. The van der Waals surface area contributed by atoms with Crippen LogP contribution < -0.4 is 0 Å². The minimum atomic E-state index is -3.59. The van der Waals surface area contributed by atoms with Crippen molar-refractivity contribution in [3.8, 4) is 5.75 Å². The van der Waals surface area contributed by atoms with Crippen LogP contribution in [0.2, 0.25) is 0 Å². The van der Waals surface area contributed by atoms with Gasteiger partial charge in [-0.15, -0.1) is 0 Å². The van der Waals surface area contributed by atoms with Crippen LogP contribution in [0.25, 0.3) is 0 Å². The zero-order chi connectivity index (χ0) is 20.2. The van der Waals surface area contributed by atoms with E-state index in [0.717, 1.165) is 5.56 Å². The van der Waals surface area contributed by atoms with Crippen molar-refractivity contribution in [3.63, 3.8) is 0 Å². The fourth-order valence-corrected chi connectivity index (χ4v) is 4.14. The average Bonchev–Trinajstić information content (AvgIpc) is 2.64. The molecule has 146 valence electrons. The zero-order valence-electron chi connectivity index (χ0n) is 16.0. The minimum Gasteiger partial charge on any atom is -0.505 e. The van der Waals surface area contributed by atoms with Crippen LogP contribution in [0.1, 0.15) is 36.2 Å². The van der Waals surface area contributed by atoms with Crippen molar-refractivity contribution in [1.29, 1.82) is 0 Å². The molecule has 0 bridgehead atoms. The van der Waals surface area contributed by atoms with Gasteiger partial charge in [-0.05, 0) is 31.5 Å². The molecule has 1 aromatic carbocycles. The van der Waals surface area contributed by atoms with Gasteiger partial charge in [0.05, 0.1) is 22.9 Å². The lowest BCUT2D eigenvalue weighted by Gasteiger charge is -2.18. The van der Waals surface area contributed by atoms with Crippen molar-refractivity contribution in [1.82, 2.24) is 9.29 Å². The van der Waals surface area contributed by atoms with Gasteiger partial charge in [0.25, 0.3) is 0 Å². The highest BCUT2D eigenvalue weighted by molar-refractivity contribution is 7.89. The van der Waals surface area contributed by atoms with Crippen LogP contribution in [0, 0.1) is 13.8 Å². The Hall–Kier alpha value is -2.29. The van der Waals surface area contributed by atoms with Crippen LogP contribution in [0.15, 0.2) is 34.3 Å². The van der Waals surface area contributed by atoms with E-state index in [9.17, 15) is 18.6 Å². The Kier molecular flexibility index (Phi) is 6.69. The molecule has 2 N–H and O–H groups in total. The Morgan fingerprint density at radius 1 is 1.22 bits per heavy atom. The maximum Gasteiger partial charge on any atom is 0.243 e. The molecular weight excluding hydrogens is 366 g/mol. The van der Waals surface area contributed by atoms with E-state index in [1.807, 2.05) is 6.92 Å². The molecule has 1 aromatic heterocycles. The summed E-state index contributed by atoms with van der Waals surface area (Å²) in [5.74, 6) is -0.0603. The van der Waals surface area contributed by atoms with Gasteiger partial charge in [0.2, 0.25) is 10.0 Å². The van der Waals surface area contributed by atoms with Crippen molar-refractivity contribution in [2.24, 2.45) is 4.99 Å². The van der Waals surface area contributed by atoms with Crippen LogP contribution >= 0.6 is 0 Å². The summed E-state index contributed by atoms with van der Waals surface area (Å²) in [5, 5.41) is 19.7. The molecule has 0 amide bonds. The molecule has 0 aliphatic heterocycles. The first-order valence-electron chi connectivity index (χ1n) is 8.69. The van der Waals surface area contributed by atoms with Crippen LogP contribution in [-0.4, -0.2) is 47.2 Å². The van der Waals surface area contributed by atoms with E-state index in [1.54, 1.807) is 32.9 Å². The van der Waals surface area contributed by atoms with E-state index in [1.165, 1.54) is 22.8 Å². The number of hydrogen-bond donors (Lipinski definition) is 2. The number of aromatic hydroxyl groups is 1. The third kappa shape index (κ3) is 4.35. The highest BCUT2D eigenvalue weighted by Gasteiger charge is 2.22. The first-order valence-corrected chi connectivity index (χ1v) is 10.1. The number of nitrogens with zero attached hydrogens (tertiary/aromatic N) is 3. The maximum absolute atomic E-state index is 12.7. The van der Waals surface area contributed by atoms with Crippen molar-refractivity contribution in [3.05, 3.63) is 46.8 Å². The predicted molar refractivity (Wildman–Crippen MR) is 105 cm³/mol. The van der Waals surface area contributed by atoms with Gasteiger partial charge >= 0.3 is 0 Å². The molecule has 0 saturated carbocycles. The molecule has 0 aliphatic carbocycles. The van der Waals surface area contributed by atoms with Gasteiger partial charge in [0.1, 0.15) is 5.75 Å². The lowest BCUT2D eigenvalue weighted by Crippen LogP contribution is -2.30. The Labute approximate surface area is 160 Å². The number of rotatable bonds is 7. The van der Waals surface area contributed by atoms with E-state index in [0.29, 0.717) is 35.6 Å². The number of aryl methyl sites for hydroxylation is 2. The molecule has 0 saturated heterocycles. The van der Waals surface area contributed by atoms with Crippen molar-refractivity contribution in [2.45, 2.75) is 39.2 Å². The average molecular weight is 391 g/mol. The highest BCUT2D eigenvalue weighted by Crippen LogP contribution is 2.27. The summed E-state index contributed by atoms with van der Waals surface area (Å²) in [4.78, 5) is 8.54. The first-order chi connectivity index (χ1) is 12.8. The molecule has 0 radical (unpaired) electrons. The largest absolute Gasteiger partial charge is 0.505 e. The van der Waals surface area contributed by atoms with E-state index in [4.69, 9.17) is 0 Å². The maximum atomic E-state index is 12.7. The number of hydrogen-bond acceptors (Lipinski definition) is 6. The number of pyridine rings is 1. The molecule has 0 fully saturated rings. The molecule has 0 aliphatic rings. The fourth-order valence-electron chi connectivity index (χ4n) is 2.66. The number of sulfonamides is 1. The molecule has 2 rings (SSSR count).